The van der Waals surface area contributed by atoms with Crippen LogP contribution in [0.25, 0.3) is 0 Å². The maximum Gasteiger partial charge on any atom is 0.330 e. The molecule has 3 rings (SSSR count). The van der Waals surface area contributed by atoms with Gasteiger partial charge in [-0.3, -0.25) is 4.79 Å². The molecule has 2 aromatic rings. The second-order valence-electron chi connectivity index (χ2n) is 6.94. The summed E-state index contributed by atoms with van der Waals surface area (Å²) >= 11 is 18.0. The number of urea groups is 1. The lowest BCUT2D eigenvalue weighted by molar-refractivity contribution is -0.142. The van der Waals surface area contributed by atoms with Crippen LogP contribution in [0.5, 0.6) is 0 Å². The number of esters is 1. The third kappa shape index (κ3) is 5.61. The number of ether oxygens (including phenoxy) is 1. The Kier molecular flexibility index (Phi) is 7.64. The van der Waals surface area contributed by atoms with Gasteiger partial charge in [0.15, 0.2) is 0 Å². The number of methoxy groups -OCH3 is 1. The first-order valence-corrected chi connectivity index (χ1v) is 10.6. The van der Waals surface area contributed by atoms with Gasteiger partial charge in [0, 0.05) is 5.02 Å². The number of carbonyl (C=O) groups excluding carboxylic acids is 3. The number of rotatable bonds is 6. The maximum atomic E-state index is 12.6. The minimum atomic E-state index is -1.15. The lowest BCUT2D eigenvalue weighted by Gasteiger charge is -2.20. The van der Waals surface area contributed by atoms with Gasteiger partial charge in [-0.15, -0.1) is 0 Å². The van der Waals surface area contributed by atoms with E-state index in [2.05, 4.69) is 16.0 Å². The fraction of sp³-hybridized carbons (Fsp3) is 0.286. The standard InChI is InChI=1S/C21H20Cl3N3O4/c1-31-20(29)17(26-19(28)18-14(23)8-12(22)9-15(18)24)10-25-21(30)27-16-7-6-11-4-2-3-5-13(11)16/h2-5,8-9,16-17H,6-7,10H2,1H3,(H,26,28)(H2,25,27,30)/t16-,17-/m0/s1. The van der Waals surface area contributed by atoms with Crippen LogP contribution < -0.4 is 16.0 Å². The van der Waals surface area contributed by atoms with Gasteiger partial charge in [-0.05, 0) is 36.1 Å². The van der Waals surface area contributed by atoms with Crippen molar-refractivity contribution >= 4 is 52.7 Å². The second-order valence-corrected chi connectivity index (χ2v) is 8.19. The lowest BCUT2D eigenvalue weighted by atomic mass is 10.1. The average Bonchev–Trinajstić information content (AvgIpc) is 3.12. The van der Waals surface area contributed by atoms with Crippen LogP contribution >= 0.6 is 34.8 Å². The Morgan fingerprint density at radius 2 is 1.81 bits per heavy atom. The van der Waals surface area contributed by atoms with Gasteiger partial charge in [0.05, 0.1) is 35.3 Å². The van der Waals surface area contributed by atoms with Crippen molar-refractivity contribution in [3.05, 3.63) is 68.2 Å². The van der Waals surface area contributed by atoms with Crippen LogP contribution in [0.3, 0.4) is 0 Å². The molecule has 0 aliphatic heterocycles. The predicted octanol–water partition coefficient (Wildman–Crippen LogP) is 3.90. The summed E-state index contributed by atoms with van der Waals surface area (Å²) in [5.41, 5.74) is 2.24. The average molecular weight is 485 g/mol. The topological polar surface area (TPSA) is 96.5 Å². The van der Waals surface area contributed by atoms with E-state index in [1.165, 1.54) is 24.8 Å². The van der Waals surface area contributed by atoms with Crippen LogP contribution in [0.1, 0.15) is 33.9 Å². The number of amides is 3. The highest BCUT2D eigenvalue weighted by atomic mass is 35.5. The molecule has 0 saturated carbocycles. The number of hydrogen-bond donors (Lipinski definition) is 3. The van der Waals surface area contributed by atoms with Crippen LogP contribution in [0.4, 0.5) is 4.79 Å². The van der Waals surface area contributed by atoms with E-state index in [1.807, 2.05) is 24.3 Å². The molecule has 0 unspecified atom stereocenters. The van der Waals surface area contributed by atoms with Gasteiger partial charge < -0.3 is 20.7 Å². The fourth-order valence-electron chi connectivity index (χ4n) is 3.44. The van der Waals surface area contributed by atoms with Gasteiger partial charge in [0.2, 0.25) is 0 Å². The molecular weight excluding hydrogens is 465 g/mol. The van der Waals surface area contributed by atoms with Gasteiger partial charge >= 0.3 is 12.0 Å². The molecule has 1 aliphatic carbocycles. The van der Waals surface area contributed by atoms with Crippen LogP contribution in [-0.4, -0.2) is 37.6 Å². The summed E-state index contributed by atoms with van der Waals surface area (Å²) in [5, 5.41) is 8.29. The smallest absolute Gasteiger partial charge is 0.330 e. The van der Waals surface area contributed by atoms with Gasteiger partial charge in [-0.25, -0.2) is 9.59 Å². The number of fused-ring (bicyclic) bond motifs is 1. The molecule has 2 atom stereocenters. The van der Waals surface area contributed by atoms with Crippen LogP contribution in [0, 0.1) is 0 Å². The number of carbonyl (C=O) groups is 3. The largest absolute Gasteiger partial charge is 0.467 e. The summed E-state index contributed by atoms with van der Waals surface area (Å²) < 4.78 is 4.73. The SMILES string of the molecule is COC(=O)[C@H](CNC(=O)N[C@H]1CCc2ccccc21)NC(=O)c1c(Cl)cc(Cl)cc1Cl. The molecule has 10 heteroatoms. The van der Waals surface area contributed by atoms with E-state index in [1.54, 1.807) is 0 Å². The summed E-state index contributed by atoms with van der Waals surface area (Å²) in [7, 11) is 1.18. The van der Waals surface area contributed by atoms with Gasteiger partial charge in [-0.2, -0.15) is 0 Å². The van der Waals surface area contributed by atoms with Crippen LogP contribution in [0.2, 0.25) is 15.1 Å². The minimum absolute atomic E-state index is 0.0317. The van der Waals surface area contributed by atoms with Crippen molar-refractivity contribution in [3.63, 3.8) is 0 Å². The van der Waals surface area contributed by atoms with E-state index >= 15 is 0 Å². The van der Waals surface area contributed by atoms with Crippen LogP contribution in [0.15, 0.2) is 36.4 Å². The normalized spacial score (nSPS) is 15.5. The zero-order valence-electron chi connectivity index (χ0n) is 16.5. The highest BCUT2D eigenvalue weighted by molar-refractivity contribution is 6.42. The number of aryl methyl sites for hydroxylation is 1. The molecular formula is C21H20Cl3N3O4. The van der Waals surface area contributed by atoms with E-state index < -0.39 is 23.9 Å². The quantitative estimate of drug-likeness (QED) is 0.542. The monoisotopic (exact) mass is 483 g/mol. The Labute approximate surface area is 194 Å². The molecule has 31 heavy (non-hydrogen) atoms. The zero-order chi connectivity index (χ0) is 22.5. The highest BCUT2D eigenvalue weighted by Crippen LogP contribution is 2.31. The second kappa shape index (κ2) is 10.2. The maximum absolute atomic E-state index is 12.6. The van der Waals surface area contributed by atoms with Gasteiger partial charge in [-0.1, -0.05) is 59.1 Å². The van der Waals surface area contributed by atoms with Crippen molar-refractivity contribution in [3.8, 4) is 0 Å². The molecule has 0 radical (unpaired) electrons. The Bertz CT molecular complexity index is 992. The molecule has 0 saturated heterocycles. The Balaban J connectivity index is 1.62. The predicted molar refractivity (Wildman–Crippen MR) is 119 cm³/mol. The molecule has 1 aliphatic rings. The molecule has 3 amide bonds. The Morgan fingerprint density at radius 3 is 2.48 bits per heavy atom. The number of halogens is 3. The van der Waals surface area contributed by atoms with E-state index in [-0.39, 0.29) is 33.2 Å². The fourth-order valence-corrected chi connectivity index (χ4v) is 4.42. The van der Waals surface area contributed by atoms with E-state index in [4.69, 9.17) is 39.5 Å². The summed E-state index contributed by atoms with van der Waals surface area (Å²) in [6.45, 7) is -0.193. The number of benzene rings is 2. The molecule has 2 aromatic carbocycles. The first kappa shape index (κ1) is 23.2. The Morgan fingerprint density at radius 1 is 1.13 bits per heavy atom. The van der Waals surface area contributed by atoms with Crippen molar-refractivity contribution in [1.29, 1.82) is 0 Å². The first-order valence-electron chi connectivity index (χ1n) is 9.45. The molecule has 0 fully saturated rings. The van der Waals surface area contributed by atoms with Crippen molar-refractivity contribution in [2.75, 3.05) is 13.7 Å². The molecule has 3 N–H and O–H groups in total. The van der Waals surface area contributed by atoms with Crippen molar-refractivity contribution in [1.82, 2.24) is 16.0 Å². The van der Waals surface area contributed by atoms with Crippen molar-refractivity contribution in [2.24, 2.45) is 0 Å². The van der Waals surface area contributed by atoms with Crippen molar-refractivity contribution < 1.29 is 19.1 Å². The van der Waals surface area contributed by atoms with E-state index in [0.29, 0.717) is 0 Å². The summed E-state index contributed by atoms with van der Waals surface area (Å²) in [4.78, 5) is 37.1. The molecule has 0 spiro atoms. The van der Waals surface area contributed by atoms with Crippen molar-refractivity contribution in [2.45, 2.75) is 24.9 Å². The lowest BCUT2D eigenvalue weighted by Crippen LogP contribution is -2.51. The third-order valence-corrected chi connectivity index (χ3v) is 5.74. The van der Waals surface area contributed by atoms with Gasteiger partial charge in [0.25, 0.3) is 5.91 Å². The highest BCUT2D eigenvalue weighted by Gasteiger charge is 2.27. The molecule has 0 bridgehead atoms. The molecule has 7 nitrogen and oxygen atoms in total. The molecule has 164 valence electrons. The third-order valence-electron chi connectivity index (χ3n) is 4.93. The summed E-state index contributed by atoms with van der Waals surface area (Å²) in [6, 6.07) is 8.89. The minimum Gasteiger partial charge on any atom is -0.467 e. The Hall–Kier alpha value is -2.48. The number of nitrogens with one attached hydrogen (secondary N) is 3. The summed E-state index contributed by atoms with van der Waals surface area (Å²) in [6.07, 6.45) is 1.67. The first-order chi connectivity index (χ1) is 14.8. The zero-order valence-corrected chi connectivity index (χ0v) is 18.8. The van der Waals surface area contributed by atoms with E-state index in [0.717, 1.165) is 18.4 Å². The van der Waals surface area contributed by atoms with E-state index in [9.17, 15) is 14.4 Å². The molecule has 0 heterocycles. The molecule has 0 aromatic heterocycles. The summed E-state index contributed by atoms with van der Waals surface area (Å²) in [5.74, 6) is -1.44. The number of hydrogen-bond acceptors (Lipinski definition) is 4. The van der Waals surface area contributed by atoms with Gasteiger partial charge in [0.1, 0.15) is 6.04 Å². The van der Waals surface area contributed by atoms with Crippen LogP contribution in [-0.2, 0) is 16.0 Å².